The van der Waals surface area contributed by atoms with Gasteiger partial charge in [0.25, 0.3) is 0 Å². The maximum absolute atomic E-state index is 12.8. The molecule has 0 saturated heterocycles. The third-order valence-corrected chi connectivity index (χ3v) is 3.09. The Morgan fingerprint density at radius 1 is 1.25 bits per heavy atom. The number of hydrogen-bond donors (Lipinski definition) is 2. The summed E-state index contributed by atoms with van der Waals surface area (Å²) in [5.41, 5.74) is 4.28. The van der Waals surface area contributed by atoms with Crippen LogP contribution in [-0.2, 0) is 11.7 Å². The lowest BCUT2D eigenvalue weighted by atomic mass is 9.71. The predicted octanol–water partition coefficient (Wildman–Crippen LogP) is 2.75. The van der Waals surface area contributed by atoms with E-state index in [1.807, 2.05) is 0 Å². The fourth-order valence-electron chi connectivity index (χ4n) is 2.03. The second-order valence-electron chi connectivity index (χ2n) is 4.24. The van der Waals surface area contributed by atoms with Crippen LogP contribution in [0.1, 0.15) is 30.4 Å². The Kier molecular flexibility index (Phi) is 2.38. The number of alkyl halides is 3. The third-order valence-electron chi connectivity index (χ3n) is 3.09. The Morgan fingerprint density at radius 3 is 2.31 bits per heavy atom. The minimum Gasteiger partial charge on any atom is -0.508 e. The monoisotopic (exact) mass is 231 g/mol. The van der Waals surface area contributed by atoms with Crippen molar-refractivity contribution in [3.05, 3.63) is 29.3 Å². The number of aromatic hydroxyl groups is 1. The SMILES string of the molecule is NC1(c2ccc(O)cc2C(F)(F)F)CCC1. The molecule has 1 fully saturated rings. The average Bonchev–Trinajstić information content (AvgIpc) is 2.13. The lowest BCUT2D eigenvalue weighted by molar-refractivity contribution is -0.139. The van der Waals surface area contributed by atoms with Crippen molar-refractivity contribution in [3.63, 3.8) is 0 Å². The first-order chi connectivity index (χ1) is 7.33. The predicted molar refractivity (Wildman–Crippen MR) is 52.8 cm³/mol. The zero-order valence-electron chi connectivity index (χ0n) is 8.51. The highest BCUT2D eigenvalue weighted by Crippen LogP contribution is 2.45. The van der Waals surface area contributed by atoms with E-state index in [2.05, 4.69) is 0 Å². The molecular weight excluding hydrogens is 219 g/mol. The van der Waals surface area contributed by atoms with Crippen molar-refractivity contribution in [2.45, 2.75) is 31.0 Å². The summed E-state index contributed by atoms with van der Waals surface area (Å²) in [7, 11) is 0. The molecule has 0 atom stereocenters. The van der Waals surface area contributed by atoms with Crippen LogP contribution in [0, 0.1) is 0 Å². The number of phenolic OH excluding ortho intramolecular Hbond substituents is 1. The largest absolute Gasteiger partial charge is 0.508 e. The van der Waals surface area contributed by atoms with Crippen molar-refractivity contribution in [2.75, 3.05) is 0 Å². The normalized spacial score (nSPS) is 19.2. The standard InChI is InChI=1S/C11H12F3NO/c12-11(13,14)9-6-7(16)2-3-8(9)10(15)4-1-5-10/h2-3,6,16H,1,4-5,15H2. The molecule has 1 saturated carbocycles. The Morgan fingerprint density at radius 2 is 1.88 bits per heavy atom. The maximum Gasteiger partial charge on any atom is 0.416 e. The molecule has 16 heavy (non-hydrogen) atoms. The summed E-state index contributed by atoms with van der Waals surface area (Å²) in [4.78, 5) is 0. The van der Waals surface area contributed by atoms with E-state index >= 15 is 0 Å². The number of halogens is 3. The van der Waals surface area contributed by atoms with Crippen molar-refractivity contribution in [3.8, 4) is 5.75 Å². The van der Waals surface area contributed by atoms with Crippen molar-refractivity contribution >= 4 is 0 Å². The molecule has 3 N–H and O–H groups in total. The highest BCUT2D eigenvalue weighted by molar-refractivity contribution is 5.41. The quantitative estimate of drug-likeness (QED) is 0.780. The van der Waals surface area contributed by atoms with Gasteiger partial charge in [-0.2, -0.15) is 13.2 Å². The highest BCUT2D eigenvalue weighted by atomic mass is 19.4. The second-order valence-corrected chi connectivity index (χ2v) is 4.24. The van der Waals surface area contributed by atoms with Crippen molar-refractivity contribution in [1.29, 1.82) is 0 Å². The van der Waals surface area contributed by atoms with Crippen LogP contribution in [0.4, 0.5) is 13.2 Å². The van der Waals surface area contributed by atoms with Crippen LogP contribution in [0.25, 0.3) is 0 Å². The Hall–Kier alpha value is -1.23. The van der Waals surface area contributed by atoms with E-state index in [-0.39, 0.29) is 11.3 Å². The molecule has 0 heterocycles. The minimum atomic E-state index is -4.48. The van der Waals surface area contributed by atoms with Gasteiger partial charge < -0.3 is 10.8 Å². The molecule has 88 valence electrons. The second kappa shape index (κ2) is 3.38. The van der Waals surface area contributed by atoms with Crippen LogP contribution in [0.2, 0.25) is 0 Å². The van der Waals surface area contributed by atoms with E-state index in [1.54, 1.807) is 0 Å². The van der Waals surface area contributed by atoms with Gasteiger partial charge in [0.2, 0.25) is 0 Å². The van der Waals surface area contributed by atoms with Gasteiger partial charge in [-0.15, -0.1) is 0 Å². The van der Waals surface area contributed by atoms with E-state index in [0.717, 1.165) is 12.5 Å². The summed E-state index contributed by atoms with van der Waals surface area (Å²) in [6.45, 7) is 0. The molecular formula is C11H12F3NO. The topological polar surface area (TPSA) is 46.2 Å². The molecule has 0 unspecified atom stereocenters. The fraction of sp³-hybridized carbons (Fsp3) is 0.455. The summed E-state index contributed by atoms with van der Waals surface area (Å²) >= 11 is 0. The molecule has 1 aliphatic rings. The van der Waals surface area contributed by atoms with Gasteiger partial charge in [0.05, 0.1) is 5.56 Å². The molecule has 0 bridgehead atoms. The van der Waals surface area contributed by atoms with Crippen LogP contribution >= 0.6 is 0 Å². The first-order valence-corrected chi connectivity index (χ1v) is 5.02. The Balaban J connectivity index is 2.52. The Bertz CT molecular complexity index is 410. The minimum absolute atomic E-state index is 0.0871. The molecule has 1 aromatic rings. The lowest BCUT2D eigenvalue weighted by Gasteiger charge is -2.40. The van der Waals surface area contributed by atoms with E-state index in [4.69, 9.17) is 10.8 Å². The van der Waals surface area contributed by atoms with Crippen LogP contribution in [0.15, 0.2) is 18.2 Å². The van der Waals surface area contributed by atoms with Crippen LogP contribution in [-0.4, -0.2) is 5.11 Å². The van der Waals surface area contributed by atoms with Crippen molar-refractivity contribution in [2.24, 2.45) is 5.73 Å². The van der Waals surface area contributed by atoms with Gasteiger partial charge in [-0.3, -0.25) is 0 Å². The van der Waals surface area contributed by atoms with Gasteiger partial charge in [-0.1, -0.05) is 6.07 Å². The zero-order valence-corrected chi connectivity index (χ0v) is 8.51. The van der Waals surface area contributed by atoms with Crippen LogP contribution < -0.4 is 5.73 Å². The maximum atomic E-state index is 12.8. The fourth-order valence-corrected chi connectivity index (χ4v) is 2.03. The number of rotatable bonds is 1. The number of phenols is 1. The first kappa shape index (κ1) is 11.3. The summed E-state index contributed by atoms with van der Waals surface area (Å²) in [5.74, 6) is -0.390. The summed E-state index contributed by atoms with van der Waals surface area (Å²) in [5, 5.41) is 9.12. The van der Waals surface area contributed by atoms with Crippen molar-refractivity contribution < 1.29 is 18.3 Å². The number of benzene rings is 1. The third kappa shape index (κ3) is 1.75. The van der Waals surface area contributed by atoms with Gasteiger partial charge in [0, 0.05) is 5.54 Å². The molecule has 5 heteroatoms. The highest BCUT2D eigenvalue weighted by Gasteiger charge is 2.42. The number of hydrogen-bond acceptors (Lipinski definition) is 2. The molecule has 0 aliphatic heterocycles. The van der Waals surface area contributed by atoms with E-state index in [1.165, 1.54) is 12.1 Å². The van der Waals surface area contributed by atoms with Gasteiger partial charge in [0.1, 0.15) is 5.75 Å². The van der Waals surface area contributed by atoms with Gasteiger partial charge in [0.15, 0.2) is 0 Å². The van der Waals surface area contributed by atoms with Gasteiger partial charge in [-0.05, 0) is 37.0 Å². The smallest absolute Gasteiger partial charge is 0.416 e. The zero-order chi connectivity index (χ0) is 12.0. The molecule has 2 nitrogen and oxygen atoms in total. The van der Waals surface area contributed by atoms with Crippen LogP contribution in [0.3, 0.4) is 0 Å². The molecule has 2 rings (SSSR count). The summed E-state index contributed by atoms with van der Waals surface area (Å²) in [6.07, 6.45) is -2.52. The average molecular weight is 231 g/mol. The molecule has 1 aliphatic carbocycles. The van der Waals surface area contributed by atoms with Gasteiger partial charge >= 0.3 is 6.18 Å². The molecule has 0 spiro atoms. The van der Waals surface area contributed by atoms with Crippen molar-refractivity contribution in [1.82, 2.24) is 0 Å². The first-order valence-electron chi connectivity index (χ1n) is 5.02. The molecule has 0 aromatic heterocycles. The van der Waals surface area contributed by atoms with E-state index < -0.39 is 17.3 Å². The lowest BCUT2D eigenvalue weighted by Crippen LogP contribution is -2.44. The number of nitrogens with two attached hydrogens (primary N) is 1. The van der Waals surface area contributed by atoms with Gasteiger partial charge in [-0.25, -0.2) is 0 Å². The summed E-state index contributed by atoms with van der Waals surface area (Å²) < 4.78 is 38.3. The Labute approximate surface area is 90.9 Å². The van der Waals surface area contributed by atoms with E-state index in [0.29, 0.717) is 12.8 Å². The molecule has 0 radical (unpaired) electrons. The van der Waals surface area contributed by atoms with Crippen LogP contribution in [0.5, 0.6) is 5.75 Å². The molecule has 1 aromatic carbocycles. The molecule has 0 amide bonds. The summed E-state index contributed by atoms with van der Waals surface area (Å²) in [6, 6.07) is 3.26. The van der Waals surface area contributed by atoms with E-state index in [9.17, 15) is 13.2 Å².